The quantitative estimate of drug-likeness (QED) is 0.751. The number of rotatable bonds is 7. The van der Waals surface area contributed by atoms with Gasteiger partial charge in [-0.3, -0.25) is 4.79 Å². The van der Waals surface area contributed by atoms with Gasteiger partial charge in [0, 0.05) is 17.7 Å². The first-order valence-corrected chi connectivity index (χ1v) is 8.06. The van der Waals surface area contributed by atoms with E-state index in [0.717, 1.165) is 12.1 Å². The first-order chi connectivity index (χ1) is 12.9. The summed E-state index contributed by atoms with van der Waals surface area (Å²) in [5.41, 5.74) is 0.866. The lowest BCUT2D eigenvalue weighted by molar-refractivity contribution is -0.117. The Morgan fingerprint density at radius 1 is 1.26 bits per heavy atom. The minimum atomic E-state index is -0.718. The molecule has 0 saturated carbocycles. The molecule has 0 heterocycles. The second-order valence-corrected chi connectivity index (χ2v) is 5.59. The van der Waals surface area contributed by atoms with Crippen LogP contribution in [0.3, 0.4) is 0 Å². The van der Waals surface area contributed by atoms with Gasteiger partial charge in [-0.05, 0) is 36.8 Å². The average Bonchev–Trinajstić information content (AvgIpc) is 2.64. The highest BCUT2D eigenvalue weighted by atomic mass is 19.1. The monoisotopic (exact) mass is 372 g/mol. The van der Waals surface area contributed by atoms with E-state index in [0.29, 0.717) is 17.1 Å². The molecule has 1 N–H and O–H groups in total. The van der Waals surface area contributed by atoms with Crippen LogP contribution in [0.1, 0.15) is 24.1 Å². The van der Waals surface area contributed by atoms with Crippen molar-refractivity contribution >= 4 is 12.0 Å². The average molecular weight is 372 g/mol. The van der Waals surface area contributed by atoms with Crippen molar-refractivity contribution in [3.8, 4) is 17.6 Å². The molecule has 2 aromatic rings. The Morgan fingerprint density at radius 2 is 2.04 bits per heavy atom. The maximum absolute atomic E-state index is 13.8. The molecule has 0 spiro atoms. The normalized spacial score (nSPS) is 11.7. The lowest BCUT2D eigenvalue weighted by Gasteiger charge is -2.14. The number of benzene rings is 2. The van der Waals surface area contributed by atoms with Crippen LogP contribution in [0.25, 0.3) is 6.08 Å². The number of amides is 1. The second kappa shape index (κ2) is 9.34. The van der Waals surface area contributed by atoms with Crippen LogP contribution in [0.15, 0.2) is 42.5 Å². The molecule has 2 aromatic carbocycles. The molecule has 2 rings (SSSR count). The standard InChI is InChI=1S/C20H18F2N2O3/c1-13(16-6-5-15(21)12-17(16)22)24-20(25)8-4-14-3-7-18(27-10-9-23)19(11-14)26-2/h3-8,11-13H,10H2,1-2H3,(H,24,25)/b8-4+. The SMILES string of the molecule is COc1cc(/C=C/C(=O)NC(C)c2ccc(F)cc2F)ccc1OCC#N. The zero-order valence-corrected chi connectivity index (χ0v) is 14.8. The van der Waals surface area contributed by atoms with Crippen molar-refractivity contribution in [1.82, 2.24) is 5.32 Å². The van der Waals surface area contributed by atoms with Crippen LogP contribution in [0.4, 0.5) is 8.78 Å². The van der Waals surface area contributed by atoms with Crippen molar-refractivity contribution in [2.45, 2.75) is 13.0 Å². The maximum Gasteiger partial charge on any atom is 0.244 e. The van der Waals surface area contributed by atoms with Crippen LogP contribution in [-0.4, -0.2) is 19.6 Å². The van der Waals surface area contributed by atoms with E-state index in [1.54, 1.807) is 31.2 Å². The van der Waals surface area contributed by atoms with Gasteiger partial charge >= 0.3 is 0 Å². The predicted molar refractivity (Wildman–Crippen MR) is 96.1 cm³/mol. The molecule has 7 heteroatoms. The van der Waals surface area contributed by atoms with Gasteiger partial charge in [0.25, 0.3) is 0 Å². The summed E-state index contributed by atoms with van der Waals surface area (Å²) in [5.74, 6) is -0.985. The van der Waals surface area contributed by atoms with Crippen molar-refractivity contribution in [3.63, 3.8) is 0 Å². The summed E-state index contributed by atoms with van der Waals surface area (Å²) in [7, 11) is 1.47. The highest BCUT2D eigenvalue weighted by molar-refractivity contribution is 5.92. The summed E-state index contributed by atoms with van der Waals surface area (Å²) in [4.78, 5) is 12.1. The fourth-order valence-corrected chi connectivity index (χ4v) is 2.38. The van der Waals surface area contributed by atoms with Crippen molar-refractivity contribution in [3.05, 3.63) is 65.2 Å². The smallest absolute Gasteiger partial charge is 0.244 e. The first kappa shape index (κ1) is 19.9. The molecular weight excluding hydrogens is 354 g/mol. The Morgan fingerprint density at radius 3 is 2.70 bits per heavy atom. The molecule has 1 unspecified atom stereocenters. The minimum Gasteiger partial charge on any atom is -0.493 e. The maximum atomic E-state index is 13.8. The number of nitrogens with one attached hydrogen (secondary N) is 1. The lowest BCUT2D eigenvalue weighted by atomic mass is 10.1. The van der Waals surface area contributed by atoms with Gasteiger partial charge in [-0.25, -0.2) is 8.78 Å². The number of methoxy groups -OCH3 is 1. The fourth-order valence-electron chi connectivity index (χ4n) is 2.38. The van der Waals surface area contributed by atoms with Gasteiger partial charge in [0.2, 0.25) is 5.91 Å². The van der Waals surface area contributed by atoms with Crippen LogP contribution in [-0.2, 0) is 4.79 Å². The van der Waals surface area contributed by atoms with Crippen LogP contribution in [0.5, 0.6) is 11.5 Å². The minimum absolute atomic E-state index is 0.105. The predicted octanol–water partition coefficient (Wildman–Crippen LogP) is 3.77. The molecule has 140 valence electrons. The Kier molecular flexibility index (Phi) is 6.89. The van der Waals surface area contributed by atoms with Gasteiger partial charge in [0.05, 0.1) is 13.2 Å². The lowest BCUT2D eigenvalue weighted by Crippen LogP contribution is -2.25. The van der Waals surface area contributed by atoms with Crippen molar-refractivity contribution < 1.29 is 23.0 Å². The Bertz CT molecular complexity index is 891. The van der Waals surface area contributed by atoms with Crippen molar-refractivity contribution in [2.24, 2.45) is 0 Å². The number of halogens is 2. The van der Waals surface area contributed by atoms with E-state index in [9.17, 15) is 13.6 Å². The van der Waals surface area contributed by atoms with Crippen LogP contribution in [0, 0.1) is 23.0 Å². The molecule has 27 heavy (non-hydrogen) atoms. The highest BCUT2D eigenvalue weighted by Gasteiger charge is 2.13. The van der Waals surface area contributed by atoms with E-state index in [2.05, 4.69) is 5.32 Å². The third-order valence-electron chi connectivity index (χ3n) is 3.69. The summed E-state index contributed by atoms with van der Waals surface area (Å²) < 4.78 is 37.1. The highest BCUT2D eigenvalue weighted by Crippen LogP contribution is 2.28. The molecule has 0 saturated heterocycles. The van der Waals surface area contributed by atoms with E-state index in [1.807, 2.05) is 6.07 Å². The molecule has 0 aromatic heterocycles. The van der Waals surface area contributed by atoms with Gasteiger partial charge in [-0.1, -0.05) is 12.1 Å². The number of hydrogen-bond acceptors (Lipinski definition) is 4. The first-order valence-electron chi connectivity index (χ1n) is 8.06. The largest absolute Gasteiger partial charge is 0.493 e. The Labute approximate surface area is 155 Å². The van der Waals surface area contributed by atoms with E-state index in [-0.39, 0.29) is 12.2 Å². The topological polar surface area (TPSA) is 71.3 Å². The molecule has 5 nitrogen and oxygen atoms in total. The molecule has 1 amide bonds. The number of hydrogen-bond donors (Lipinski definition) is 1. The van der Waals surface area contributed by atoms with Gasteiger partial charge in [0.15, 0.2) is 18.1 Å². The molecule has 0 fully saturated rings. The number of carbonyl (C=O) groups is 1. The van der Waals surface area contributed by atoms with Gasteiger partial charge in [-0.15, -0.1) is 0 Å². The molecule has 0 aliphatic rings. The molecule has 0 bridgehead atoms. The van der Waals surface area contributed by atoms with E-state index < -0.39 is 23.6 Å². The van der Waals surface area contributed by atoms with E-state index in [4.69, 9.17) is 14.7 Å². The zero-order valence-electron chi connectivity index (χ0n) is 14.8. The van der Waals surface area contributed by atoms with Gasteiger partial charge in [-0.2, -0.15) is 5.26 Å². The number of nitrogens with zero attached hydrogens (tertiary/aromatic N) is 1. The molecule has 0 radical (unpaired) electrons. The summed E-state index contributed by atoms with van der Waals surface area (Å²) in [6.45, 7) is 1.50. The Balaban J connectivity index is 2.04. The van der Waals surface area contributed by atoms with E-state index in [1.165, 1.54) is 19.3 Å². The van der Waals surface area contributed by atoms with E-state index >= 15 is 0 Å². The zero-order chi connectivity index (χ0) is 19.8. The van der Waals surface area contributed by atoms with Crippen LogP contribution >= 0.6 is 0 Å². The Hall–Kier alpha value is -3.40. The summed E-state index contributed by atoms with van der Waals surface area (Å²) in [6, 6.07) is 9.43. The summed E-state index contributed by atoms with van der Waals surface area (Å²) in [5, 5.41) is 11.2. The van der Waals surface area contributed by atoms with Gasteiger partial charge < -0.3 is 14.8 Å². The van der Waals surface area contributed by atoms with Crippen molar-refractivity contribution in [2.75, 3.05) is 13.7 Å². The number of nitriles is 1. The molecule has 0 aliphatic carbocycles. The molecule has 1 atom stereocenters. The third kappa shape index (κ3) is 5.54. The molecular formula is C20H18F2N2O3. The second-order valence-electron chi connectivity index (χ2n) is 5.59. The third-order valence-corrected chi connectivity index (χ3v) is 3.69. The fraction of sp³-hybridized carbons (Fsp3) is 0.200. The van der Waals surface area contributed by atoms with Gasteiger partial charge in [0.1, 0.15) is 17.7 Å². The number of ether oxygens (including phenoxy) is 2. The number of carbonyl (C=O) groups excluding carboxylic acids is 1. The summed E-state index contributed by atoms with van der Waals surface area (Å²) in [6.07, 6.45) is 2.85. The van der Waals surface area contributed by atoms with Crippen molar-refractivity contribution in [1.29, 1.82) is 5.26 Å². The van der Waals surface area contributed by atoms with Crippen LogP contribution in [0.2, 0.25) is 0 Å². The van der Waals surface area contributed by atoms with Crippen LogP contribution < -0.4 is 14.8 Å². The molecule has 0 aliphatic heterocycles. The summed E-state index contributed by atoms with van der Waals surface area (Å²) >= 11 is 0.